The van der Waals surface area contributed by atoms with E-state index in [1.165, 1.54) is 16.8 Å². The Morgan fingerprint density at radius 3 is 2.52 bits per heavy atom. The zero-order chi connectivity index (χ0) is 20.1. The van der Waals surface area contributed by atoms with Gasteiger partial charge in [0.05, 0.1) is 12.2 Å². The second-order valence-corrected chi connectivity index (χ2v) is 7.77. The lowest BCUT2D eigenvalue weighted by atomic mass is 10.2. The Kier molecular flexibility index (Phi) is 9.23. The molecule has 0 saturated carbocycles. The summed E-state index contributed by atoms with van der Waals surface area (Å²) in [5, 5.41) is 8.76. The Morgan fingerprint density at radius 1 is 1.21 bits per heavy atom. The number of benzene rings is 1. The molecule has 2 aromatic rings. The minimum Gasteiger partial charge on any atom is -0.357 e. The van der Waals surface area contributed by atoms with Gasteiger partial charge in [0.2, 0.25) is 0 Å². The van der Waals surface area contributed by atoms with E-state index in [1.54, 1.807) is 0 Å². The average molecular weight is 531 g/mol. The van der Waals surface area contributed by atoms with Gasteiger partial charge in [-0.25, -0.2) is 4.99 Å². The second kappa shape index (κ2) is 11.2. The van der Waals surface area contributed by atoms with E-state index >= 15 is 0 Å². The van der Waals surface area contributed by atoms with Gasteiger partial charge in [0.15, 0.2) is 5.96 Å². The van der Waals surface area contributed by atoms with Crippen LogP contribution in [0.15, 0.2) is 29.3 Å². The lowest BCUT2D eigenvalue weighted by molar-refractivity contribution is 0.172. The number of rotatable bonds is 5. The van der Waals surface area contributed by atoms with Crippen molar-refractivity contribution < 1.29 is 0 Å². The predicted molar refractivity (Wildman–Crippen MR) is 131 cm³/mol. The number of nitrogens with zero attached hydrogens (tertiary/aromatic N) is 5. The maximum Gasteiger partial charge on any atom is 0.194 e. The van der Waals surface area contributed by atoms with E-state index in [1.807, 2.05) is 23.9 Å². The predicted octanol–water partition coefficient (Wildman–Crippen LogP) is 3.59. The summed E-state index contributed by atoms with van der Waals surface area (Å²) in [6, 6.07) is 8.14. The largest absolute Gasteiger partial charge is 0.357 e. The van der Waals surface area contributed by atoms with Crippen molar-refractivity contribution in [3.8, 4) is 0 Å². The zero-order valence-corrected chi connectivity index (χ0v) is 20.9. The first-order valence-electron chi connectivity index (χ1n) is 9.97. The number of nitrogens with one attached hydrogen (secondary N) is 1. The summed E-state index contributed by atoms with van der Waals surface area (Å²) < 4.78 is 1.93. The van der Waals surface area contributed by atoms with Crippen LogP contribution < -0.4 is 5.32 Å². The summed E-state index contributed by atoms with van der Waals surface area (Å²) >= 11 is 6.11. The van der Waals surface area contributed by atoms with Crippen LogP contribution in [0.3, 0.4) is 0 Å². The van der Waals surface area contributed by atoms with E-state index in [2.05, 4.69) is 53.1 Å². The first-order chi connectivity index (χ1) is 13.5. The number of piperazine rings is 1. The van der Waals surface area contributed by atoms with Crippen molar-refractivity contribution in [3.63, 3.8) is 0 Å². The Bertz CT molecular complexity index is 827. The van der Waals surface area contributed by atoms with Gasteiger partial charge in [-0.05, 0) is 38.5 Å². The molecule has 1 aromatic carbocycles. The molecule has 3 rings (SSSR count). The van der Waals surface area contributed by atoms with Crippen molar-refractivity contribution in [1.29, 1.82) is 0 Å². The molecule has 1 saturated heterocycles. The summed E-state index contributed by atoms with van der Waals surface area (Å²) in [7, 11) is 1.99. The smallest absolute Gasteiger partial charge is 0.194 e. The lowest BCUT2D eigenvalue weighted by Gasteiger charge is -2.36. The van der Waals surface area contributed by atoms with Gasteiger partial charge in [-0.1, -0.05) is 23.7 Å². The van der Waals surface area contributed by atoms with Gasteiger partial charge in [0, 0.05) is 62.6 Å². The van der Waals surface area contributed by atoms with Gasteiger partial charge in [-0.15, -0.1) is 24.0 Å². The second-order valence-electron chi connectivity index (χ2n) is 7.34. The minimum atomic E-state index is 0. The summed E-state index contributed by atoms with van der Waals surface area (Å²) in [5.74, 6) is 0.993. The van der Waals surface area contributed by atoms with Crippen LogP contribution in [0.4, 0.5) is 0 Å². The van der Waals surface area contributed by atoms with Gasteiger partial charge in [0.25, 0.3) is 0 Å². The molecule has 1 fully saturated rings. The first kappa shape index (κ1) is 24.0. The van der Waals surface area contributed by atoms with Crippen molar-refractivity contribution in [2.24, 2.45) is 12.0 Å². The van der Waals surface area contributed by atoms with Crippen LogP contribution in [0.1, 0.15) is 29.4 Å². The highest BCUT2D eigenvalue weighted by molar-refractivity contribution is 14.0. The molecular formula is C21H32ClIN6. The van der Waals surface area contributed by atoms with Crippen LogP contribution in [-0.2, 0) is 20.1 Å². The fourth-order valence-corrected chi connectivity index (χ4v) is 3.85. The number of hydrogen-bond acceptors (Lipinski definition) is 3. The third kappa shape index (κ3) is 6.33. The molecule has 29 heavy (non-hydrogen) atoms. The molecule has 0 aliphatic carbocycles. The van der Waals surface area contributed by atoms with Crippen LogP contribution >= 0.6 is 35.6 Å². The maximum absolute atomic E-state index is 6.11. The molecule has 1 N–H and O–H groups in total. The van der Waals surface area contributed by atoms with Crippen molar-refractivity contribution in [2.45, 2.75) is 33.9 Å². The van der Waals surface area contributed by atoms with E-state index in [9.17, 15) is 0 Å². The van der Waals surface area contributed by atoms with Crippen LogP contribution in [0, 0.1) is 13.8 Å². The Balaban J connectivity index is 0.00000300. The standard InChI is InChI=1S/C21H31ClN6.HI/c1-5-23-21(24-14-20-16(2)25-26(4)17(20)3)28-11-9-27(10-12-28)15-18-7-6-8-19(22)13-18;/h6-8,13H,5,9-12,14-15H2,1-4H3,(H,23,24);1H. The highest BCUT2D eigenvalue weighted by atomic mass is 127. The van der Waals surface area contributed by atoms with Crippen molar-refractivity contribution in [2.75, 3.05) is 32.7 Å². The third-order valence-corrected chi connectivity index (χ3v) is 5.58. The highest BCUT2D eigenvalue weighted by Gasteiger charge is 2.20. The molecule has 160 valence electrons. The van der Waals surface area contributed by atoms with Crippen LogP contribution in [0.2, 0.25) is 5.02 Å². The summed E-state index contributed by atoms with van der Waals surface area (Å²) in [5.41, 5.74) is 4.73. The maximum atomic E-state index is 6.11. The first-order valence-corrected chi connectivity index (χ1v) is 10.3. The normalized spacial score (nSPS) is 15.3. The molecule has 6 nitrogen and oxygen atoms in total. The van der Waals surface area contributed by atoms with E-state index in [4.69, 9.17) is 16.6 Å². The van der Waals surface area contributed by atoms with Crippen LogP contribution in [-0.4, -0.2) is 58.3 Å². The number of hydrogen-bond donors (Lipinski definition) is 1. The molecule has 0 atom stereocenters. The molecule has 0 radical (unpaired) electrons. The van der Waals surface area contributed by atoms with E-state index < -0.39 is 0 Å². The third-order valence-electron chi connectivity index (χ3n) is 5.35. The van der Waals surface area contributed by atoms with E-state index in [0.717, 1.165) is 55.9 Å². The number of guanidine groups is 1. The quantitative estimate of drug-likeness (QED) is 0.365. The SMILES string of the molecule is CCNC(=NCc1c(C)nn(C)c1C)N1CCN(Cc2cccc(Cl)c2)CC1.I. The molecule has 1 aromatic heterocycles. The van der Waals surface area contributed by atoms with Crippen molar-refractivity contribution in [3.05, 3.63) is 51.8 Å². The Hall–Kier alpha value is -1.32. The van der Waals surface area contributed by atoms with Gasteiger partial charge in [-0.2, -0.15) is 5.10 Å². The number of aryl methyl sites for hydroxylation is 2. The van der Waals surface area contributed by atoms with E-state index in [-0.39, 0.29) is 24.0 Å². The molecule has 0 bridgehead atoms. The number of aliphatic imine (C=N–C) groups is 1. The average Bonchev–Trinajstić information content (AvgIpc) is 2.91. The molecule has 0 amide bonds. The fraction of sp³-hybridized carbons (Fsp3) is 0.524. The van der Waals surface area contributed by atoms with Gasteiger partial charge in [0.1, 0.15) is 0 Å². The molecule has 1 aliphatic rings. The van der Waals surface area contributed by atoms with Gasteiger partial charge >= 0.3 is 0 Å². The number of aromatic nitrogens is 2. The van der Waals surface area contributed by atoms with Crippen molar-refractivity contribution in [1.82, 2.24) is 24.9 Å². The molecule has 0 unspecified atom stereocenters. The Labute approximate surface area is 196 Å². The van der Waals surface area contributed by atoms with Crippen molar-refractivity contribution >= 4 is 41.5 Å². The lowest BCUT2D eigenvalue weighted by Crippen LogP contribution is -2.52. The molecule has 0 spiro atoms. The number of halogens is 2. The molecule has 2 heterocycles. The molecule has 8 heteroatoms. The van der Waals surface area contributed by atoms with Gasteiger partial charge in [-0.3, -0.25) is 9.58 Å². The minimum absolute atomic E-state index is 0. The molecular weight excluding hydrogens is 499 g/mol. The monoisotopic (exact) mass is 530 g/mol. The zero-order valence-electron chi connectivity index (χ0n) is 17.8. The summed E-state index contributed by atoms with van der Waals surface area (Å²) in [6.45, 7) is 12.7. The molecule has 1 aliphatic heterocycles. The topological polar surface area (TPSA) is 48.7 Å². The highest BCUT2D eigenvalue weighted by Crippen LogP contribution is 2.15. The summed E-state index contributed by atoms with van der Waals surface area (Å²) in [6.07, 6.45) is 0. The summed E-state index contributed by atoms with van der Waals surface area (Å²) in [4.78, 5) is 9.74. The Morgan fingerprint density at radius 2 is 1.93 bits per heavy atom. The fourth-order valence-electron chi connectivity index (χ4n) is 3.64. The van der Waals surface area contributed by atoms with Crippen LogP contribution in [0.25, 0.3) is 0 Å². The van der Waals surface area contributed by atoms with Gasteiger partial charge < -0.3 is 10.2 Å². The van der Waals surface area contributed by atoms with Crippen LogP contribution in [0.5, 0.6) is 0 Å². The van der Waals surface area contributed by atoms with E-state index in [0.29, 0.717) is 6.54 Å².